The van der Waals surface area contributed by atoms with Crippen LogP contribution in [-0.4, -0.2) is 35.4 Å². The minimum Gasteiger partial charge on any atom is -0.466 e. The number of nitrogens with one attached hydrogen (secondary N) is 1. The maximum absolute atomic E-state index is 13.9. The van der Waals surface area contributed by atoms with Crippen molar-refractivity contribution in [3.8, 4) is 0 Å². The third-order valence-electron chi connectivity index (χ3n) is 7.74. The molecule has 2 aliphatic carbocycles. The van der Waals surface area contributed by atoms with Gasteiger partial charge < -0.3 is 14.6 Å². The highest BCUT2D eigenvalue weighted by Crippen LogP contribution is 2.39. The van der Waals surface area contributed by atoms with Crippen LogP contribution in [-0.2, 0) is 27.2 Å². The number of aromatic nitrogens is 1. The predicted octanol–water partition coefficient (Wildman–Crippen LogP) is 5.99. The Hall–Kier alpha value is -3.34. The van der Waals surface area contributed by atoms with Gasteiger partial charge in [0.05, 0.1) is 13.2 Å². The maximum atomic E-state index is 13.9. The first-order chi connectivity index (χ1) is 17.1. The number of nitrogens with zero attached hydrogens (tertiary/aromatic N) is 1. The fourth-order valence-electron chi connectivity index (χ4n) is 5.86. The Balaban J connectivity index is 1.39. The number of rotatable bonds is 7. The lowest BCUT2D eigenvalue weighted by molar-refractivity contribution is -0.139. The molecule has 1 unspecified atom stereocenters. The maximum Gasteiger partial charge on any atom is 0.330 e. The number of aromatic amines is 1. The van der Waals surface area contributed by atoms with Gasteiger partial charge in [-0.25, -0.2) is 4.79 Å². The lowest BCUT2D eigenvalue weighted by Crippen LogP contribution is -2.40. The Morgan fingerprint density at radius 2 is 1.91 bits per heavy atom. The standard InChI is InChI=1S/C30H34N2O3/c1-35-29(33)16-12-21-11-14-26-23(19-21)13-15-28(26)32(30(34)22-7-3-2-4-8-22)18-17-24-20-31-27-10-6-5-9-25(24)27/h5-6,9-12,14,16,19-20,22,28,31H,2-4,7-8,13,15,17-18H2,1H3. The molecule has 0 bridgehead atoms. The molecule has 5 rings (SSSR count). The Bertz CT molecular complexity index is 1240. The number of amides is 1. The summed E-state index contributed by atoms with van der Waals surface area (Å²) in [5.41, 5.74) is 5.92. The average molecular weight is 471 g/mol. The molecule has 1 N–H and O–H groups in total. The number of aryl methyl sites for hydroxylation is 1. The monoisotopic (exact) mass is 470 g/mol. The van der Waals surface area contributed by atoms with Crippen molar-refractivity contribution in [3.05, 3.63) is 77.0 Å². The van der Waals surface area contributed by atoms with Gasteiger partial charge in [-0.2, -0.15) is 0 Å². The van der Waals surface area contributed by atoms with Gasteiger partial charge in [0.1, 0.15) is 0 Å². The summed E-state index contributed by atoms with van der Waals surface area (Å²) in [6.07, 6.45) is 13.7. The highest BCUT2D eigenvalue weighted by atomic mass is 16.5. The molecule has 1 aromatic heterocycles. The van der Waals surface area contributed by atoms with E-state index in [1.807, 2.05) is 12.1 Å². The molecule has 1 heterocycles. The van der Waals surface area contributed by atoms with Crippen molar-refractivity contribution in [3.63, 3.8) is 0 Å². The molecular weight excluding hydrogens is 436 g/mol. The third kappa shape index (κ3) is 5.04. The number of carbonyl (C=O) groups is 2. The zero-order valence-electron chi connectivity index (χ0n) is 20.5. The minimum atomic E-state index is -0.357. The van der Waals surface area contributed by atoms with E-state index >= 15 is 0 Å². The normalized spacial score (nSPS) is 18.1. The number of carbonyl (C=O) groups excluding carboxylic acids is 2. The smallest absolute Gasteiger partial charge is 0.330 e. The first kappa shape index (κ1) is 23.4. The van der Waals surface area contributed by atoms with Gasteiger partial charge in [0.25, 0.3) is 0 Å². The molecule has 1 saturated carbocycles. The molecule has 5 nitrogen and oxygen atoms in total. The molecule has 2 aromatic carbocycles. The van der Waals surface area contributed by atoms with Crippen LogP contribution < -0.4 is 0 Å². The lowest BCUT2D eigenvalue weighted by atomic mass is 9.87. The zero-order valence-corrected chi connectivity index (χ0v) is 20.5. The SMILES string of the molecule is COC(=O)C=Cc1ccc2c(c1)CCC2N(CCc1c[nH]c2ccccc12)C(=O)C1CCCCC1. The van der Waals surface area contributed by atoms with Gasteiger partial charge in [0.15, 0.2) is 0 Å². The number of H-pyrrole nitrogens is 1. The first-order valence-electron chi connectivity index (χ1n) is 12.9. The van der Waals surface area contributed by atoms with Crippen molar-refractivity contribution < 1.29 is 14.3 Å². The highest BCUT2D eigenvalue weighted by Gasteiger charge is 2.34. The van der Waals surface area contributed by atoms with Crippen LogP contribution in [0.3, 0.4) is 0 Å². The number of hydrogen-bond donors (Lipinski definition) is 1. The molecule has 1 fully saturated rings. The molecular formula is C30H34N2O3. The van der Waals surface area contributed by atoms with E-state index in [-0.39, 0.29) is 17.9 Å². The molecule has 1 amide bonds. The van der Waals surface area contributed by atoms with Gasteiger partial charge in [-0.1, -0.05) is 55.7 Å². The summed E-state index contributed by atoms with van der Waals surface area (Å²) in [7, 11) is 1.38. The van der Waals surface area contributed by atoms with E-state index in [2.05, 4.69) is 46.4 Å². The van der Waals surface area contributed by atoms with Gasteiger partial charge in [-0.3, -0.25) is 4.79 Å². The summed E-state index contributed by atoms with van der Waals surface area (Å²) in [5.74, 6) is 0.125. The quantitative estimate of drug-likeness (QED) is 0.341. The van der Waals surface area contributed by atoms with E-state index in [0.29, 0.717) is 5.91 Å². The molecule has 2 aliphatic rings. The lowest BCUT2D eigenvalue weighted by Gasteiger charge is -2.34. The summed E-state index contributed by atoms with van der Waals surface area (Å²) < 4.78 is 4.71. The van der Waals surface area contributed by atoms with Crippen LogP contribution >= 0.6 is 0 Å². The van der Waals surface area contributed by atoms with Gasteiger partial charge >= 0.3 is 5.97 Å². The summed E-state index contributed by atoms with van der Waals surface area (Å²) in [4.78, 5) is 30.9. The fraction of sp³-hybridized carbons (Fsp3) is 0.400. The summed E-state index contributed by atoms with van der Waals surface area (Å²) in [6.45, 7) is 0.727. The van der Waals surface area contributed by atoms with Crippen LogP contribution in [0.1, 0.15) is 66.8 Å². The summed E-state index contributed by atoms with van der Waals surface area (Å²) >= 11 is 0. The van der Waals surface area contributed by atoms with Crippen LogP contribution in [0.15, 0.2) is 54.7 Å². The Morgan fingerprint density at radius 1 is 1.09 bits per heavy atom. The van der Waals surface area contributed by atoms with E-state index in [1.54, 1.807) is 6.08 Å². The van der Waals surface area contributed by atoms with Crippen LogP contribution in [0, 0.1) is 5.92 Å². The molecule has 0 spiro atoms. The van der Waals surface area contributed by atoms with Crippen molar-refractivity contribution >= 4 is 28.9 Å². The molecule has 0 radical (unpaired) electrons. The van der Waals surface area contributed by atoms with Crippen molar-refractivity contribution in [2.45, 2.75) is 57.4 Å². The Kier molecular flexibility index (Phi) is 7.03. The molecule has 0 saturated heterocycles. The molecule has 5 heteroatoms. The van der Waals surface area contributed by atoms with Crippen LogP contribution in [0.25, 0.3) is 17.0 Å². The van der Waals surface area contributed by atoms with Gasteiger partial charge in [0.2, 0.25) is 5.91 Å². The summed E-state index contributed by atoms with van der Waals surface area (Å²) in [6, 6.07) is 14.8. The number of para-hydroxylation sites is 1. The van der Waals surface area contributed by atoms with E-state index < -0.39 is 0 Å². The van der Waals surface area contributed by atoms with Crippen molar-refractivity contribution in [2.24, 2.45) is 5.92 Å². The van der Waals surface area contributed by atoms with Crippen LogP contribution in [0.5, 0.6) is 0 Å². The Morgan fingerprint density at radius 3 is 2.74 bits per heavy atom. The second-order valence-electron chi connectivity index (χ2n) is 9.85. The largest absolute Gasteiger partial charge is 0.466 e. The van der Waals surface area contributed by atoms with Crippen molar-refractivity contribution in [2.75, 3.05) is 13.7 Å². The van der Waals surface area contributed by atoms with Crippen LogP contribution in [0.2, 0.25) is 0 Å². The topological polar surface area (TPSA) is 62.4 Å². The number of ether oxygens (including phenoxy) is 1. The van der Waals surface area contributed by atoms with Crippen LogP contribution in [0.4, 0.5) is 0 Å². The average Bonchev–Trinajstić information content (AvgIpc) is 3.52. The number of hydrogen-bond acceptors (Lipinski definition) is 3. The number of benzene rings is 2. The van der Waals surface area contributed by atoms with E-state index in [1.165, 1.54) is 41.7 Å². The minimum absolute atomic E-state index is 0.114. The predicted molar refractivity (Wildman–Crippen MR) is 139 cm³/mol. The van der Waals surface area contributed by atoms with E-state index in [9.17, 15) is 9.59 Å². The zero-order chi connectivity index (χ0) is 24.2. The molecule has 35 heavy (non-hydrogen) atoms. The number of esters is 1. The highest BCUT2D eigenvalue weighted by molar-refractivity contribution is 5.87. The molecule has 1 atom stereocenters. The number of methoxy groups -OCH3 is 1. The fourth-order valence-corrected chi connectivity index (χ4v) is 5.86. The van der Waals surface area contributed by atoms with Gasteiger partial charge in [-0.05, 0) is 66.5 Å². The van der Waals surface area contributed by atoms with Crippen molar-refractivity contribution in [1.29, 1.82) is 0 Å². The molecule has 0 aliphatic heterocycles. The Labute approximate surface area is 207 Å². The molecule has 3 aromatic rings. The first-order valence-corrected chi connectivity index (χ1v) is 12.9. The van der Waals surface area contributed by atoms with E-state index in [4.69, 9.17) is 4.74 Å². The second kappa shape index (κ2) is 10.5. The number of fused-ring (bicyclic) bond motifs is 2. The second-order valence-corrected chi connectivity index (χ2v) is 9.85. The van der Waals surface area contributed by atoms with Crippen molar-refractivity contribution in [1.82, 2.24) is 9.88 Å². The van der Waals surface area contributed by atoms with Gasteiger partial charge in [-0.15, -0.1) is 0 Å². The van der Waals surface area contributed by atoms with E-state index in [0.717, 1.165) is 62.6 Å². The molecule has 182 valence electrons. The summed E-state index contributed by atoms with van der Waals surface area (Å²) in [5, 5.41) is 1.24. The third-order valence-corrected chi connectivity index (χ3v) is 7.74. The van der Waals surface area contributed by atoms with Gasteiger partial charge in [0, 0.05) is 35.6 Å².